The van der Waals surface area contributed by atoms with Gasteiger partial charge >= 0.3 is 5.97 Å². The van der Waals surface area contributed by atoms with Gasteiger partial charge in [-0.2, -0.15) is 15.2 Å². The highest BCUT2D eigenvalue weighted by Gasteiger charge is 2.28. The zero-order valence-electron chi connectivity index (χ0n) is 39.4. The Hall–Kier alpha value is -9.17. The summed E-state index contributed by atoms with van der Waals surface area (Å²) in [6.45, 7) is 5.38. The SMILES string of the molecule is CC(C)[C@H](NC(=O)CCCCCN1C(=O)C=CC1=O)C(=O)N[C@@H](C)C(=O)Nc1ccc(C(=O)NCCC[C@H](NC(=O)c2ccc(NCc3cnc4nc(N)nc(N)c4n3)c(N)c2)C(=O)O)c(-c2nn[nH]n2)c1. The number of benzene rings is 2. The van der Waals surface area contributed by atoms with Gasteiger partial charge in [-0.05, 0) is 80.1 Å². The highest BCUT2D eigenvalue weighted by atomic mass is 16.4. The molecule has 2 aromatic carbocycles. The van der Waals surface area contributed by atoms with Crippen LogP contribution in [0.5, 0.6) is 0 Å². The molecule has 0 radical (unpaired) electrons. The fourth-order valence-corrected chi connectivity index (χ4v) is 7.29. The van der Waals surface area contributed by atoms with E-state index in [1.807, 2.05) is 0 Å². The van der Waals surface area contributed by atoms with Gasteiger partial charge in [-0.25, -0.2) is 14.8 Å². The Morgan fingerprint density at radius 3 is 2.29 bits per heavy atom. The number of H-pyrrole nitrogens is 1. The van der Waals surface area contributed by atoms with Crippen LogP contribution in [0.2, 0.25) is 0 Å². The summed E-state index contributed by atoms with van der Waals surface area (Å²) in [6, 6.07) is 5.38. The Labute approximate surface area is 410 Å². The lowest BCUT2D eigenvalue weighted by Gasteiger charge is -2.24. The number of unbranched alkanes of at least 4 members (excludes halogenated alkanes) is 2. The van der Waals surface area contributed by atoms with E-state index in [-0.39, 0.29) is 119 Å². The van der Waals surface area contributed by atoms with Gasteiger partial charge in [0.1, 0.15) is 18.1 Å². The van der Waals surface area contributed by atoms with E-state index < -0.39 is 47.7 Å². The largest absolute Gasteiger partial charge is 0.480 e. The van der Waals surface area contributed by atoms with Crippen molar-refractivity contribution in [1.29, 1.82) is 0 Å². The van der Waals surface area contributed by atoms with Crippen LogP contribution in [0, 0.1) is 5.92 Å². The number of aromatic nitrogens is 8. The molecule has 0 saturated carbocycles. The number of tetrazole rings is 1. The number of imide groups is 1. The van der Waals surface area contributed by atoms with E-state index in [0.29, 0.717) is 30.6 Å². The van der Waals surface area contributed by atoms with Crippen molar-refractivity contribution in [3.05, 3.63) is 71.6 Å². The quantitative estimate of drug-likeness (QED) is 0.0227. The highest BCUT2D eigenvalue weighted by Crippen LogP contribution is 2.25. The molecule has 1 aliphatic rings. The number of carbonyl (C=O) groups excluding carboxylic acids is 7. The summed E-state index contributed by atoms with van der Waals surface area (Å²) in [5.74, 6) is -5.13. The van der Waals surface area contributed by atoms with Crippen LogP contribution >= 0.6 is 0 Å². The standard InChI is InChI=1S/C45H54N18O9/c1-22(2)35(56-32(64)9-5-4-6-17-63-33(65)14-15-34(63)66)43(70)52-23(3)40(67)54-25-11-12-27(28(19-25)38-59-61-62-60-38)42(69)49-16-7-8-31(44(71)72)55-41(68)24-10-13-30(29(46)18-24)50-20-26-21-51-39-36(53-26)37(47)57-45(48)58-39/h10-15,18-19,21-23,31,35,50H,4-9,16-17,20,46H2,1-3H3,(H,49,69)(H,52,70)(H,54,67)(H,55,68)(H,56,64)(H,71,72)(H,59,60,61,62)(H4,47,48,51,57,58)/t23-,31-,35-/m0/s1. The zero-order chi connectivity index (χ0) is 52.1. The lowest BCUT2D eigenvalue weighted by molar-refractivity contribution is -0.139. The number of nitrogen functional groups attached to an aromatic ring is 3. The van der Waals surface area contributed by atoms with Crippen molar-refractivity contribution >= 4 is 87.3 Å². The lowest BCUT2D eigenvalue weighted by Crippen LogP contribution is -2.53. The Morgan fingerprint density at radius 1 is 0.833 bits per heavy atom. The molecule has 378 valence electrons. The molecule has 0 fully saturated rings. The Morgan fingerprint density at radius 2 is 1.60 bits per heavy atom. The minimum Gasteiger partial charge on any atom is -0.480 e. The fourth-order valence-electron chi connectivity index (χ4n) is 7.29. The average molecular weight is 991 g/mol. The van der Waals surface area contributed by atoms with Crippen molar-refractivity contribution in [1.82, 2.24) is 66.7 Å². The minimum atomic E-state index is -1.32. The number of carboxylic acid groups (broad SMARTS) is 1. The molecule has 0 bridgehead atoms. The summed E-state index contributed by atoms with van der Waals surface area (Å²) < 4.78 is 0. The molecule has 3 aromatic heterocycles. The summed E-state index contributed by atoms with van der Waals surface area (Å²) in [5.41, 5.74) is 20.0. The third-order valence-corrected chi connectivity index (χ3v) is 11.2. The van der Waals surface area contributed by atoms with Crippen molar-refractivity contribution in [2.45, 2.75) is 84.0 Å². The maximum absolute atomic E-state index is 13.5. The molecule has 5 aromatic rings. The van der Waals surface area contributed by atoms with E-state index >= 15 is 0 Å². The van der Waals surface area contributed by atoms with Crippen LogP contribution in [0.25, 0.3) is 22.6 Å². The van der Waals surface area contributed by atoms with Gasteiger partial charge in [0.25, 0.3) is 23.6 Å². The van der Waals surface area contributed by atoms with Gasteiger partial charge in [0.2, 0.25) is 29.5 Å². The number of hydrogen-bond donors (Lipinski definition) is 11. The number of rotatable bonds is 24. The number of anilines is 5. The minimum absolute atomic E-state index is 0.00354. The van der Waals surface area contributed by atoms with Gasteiger partial charge in [-0.3, -0.25) is 38.5 Å². The molecule has 14 N–H and O–H groups in total. The number of carboxylic acids is 1. The van der Waals surface area contributed by atoms with Crippen LogP contribution in [0.1, 0.15) is 85.7 Å². The number of nitrogens with two attached hydrogens (primary N) is 3. The maximum atomic E-state index is 13.5. The molecule has 7 amide bonds. The first kappa shape index (κ1) is 52.2. The van der Waals surface area contributed by atoms with E-state index in [4.69, 9.17) is 17.2 Å². The van der Waals surface area contributed by atoms with E-state index in [1.165, 1.54) is 55.6 Å². The summed E-state index contributed by atoms with van der Waals surface area (Å²) in [7, 11) is 0. The van der Waals surface area contributed by atoms with E-state index in [1.54, 1.807) is 19.9 Å². The zero-order valence-corrected chi connectivity index (χ0v) is 39.4. The first-order valence-corrected chi connectivity index (χ1v) is 22.7. The monoisotopic (exact) mass is 990 g/mol. The normalized spacial score (nSPS) is 13.4. The van der Waals surface area contributed by atoms with Crippen molar-refractivity contribution in [2.24, 2.45) is 5.92 Å². The number of aromatic amines is 1. The van der Waals surface area contributed by atoms with E-state index in [0.717, 1.165) is 4.90 Å². The second-order valence-electron chi connectivity index (χ2n) is 16.9. The molecule has 6 rings (SSSR count). The Balaban J connectivity index is 0.964. The maximum Gasteiger partial charge on any atom is 0.326 e. The van der Waals surface area contributed by atoms with Gasteiger partial charge in [0.15, 0.2) is 17.0 Å². The molecule has 3 atom stereocenters. The van der Waals surface area contributed by atoms with Crippen LogP contribution in [-0.4, -0.2) is 129 Å². The number of hydrogen-bond acceptors (Lipinski definition) is 19. The highest BCUT2D eigenvalue weighted by molar-refractivity contribution is 6.13. The molecule has 0 saturated heterocycles. The van der Waals surface area contributed by atoms with Gasteiger partial charge in [0.05, 0.1) is 35.4 Å². The topological polar surface area (TPSA) is 416 Å². The summed E-state index contributed by atoms with van der Waals surface area (Å²) >= 11 is 0. The van der Waals surface area contributed by atoms with Crippen LogP contribution in [-0.2, 0) is 35.3 Å². The molecule has 0 unspecified atom stereocenters. The van der Waals surface area contributed by atoms with Crippen molar-refractivity contribution in [3.8, 4) is 11.4 Å². The van der Waals surface area contributed by atoms with Crippen LogP contribution in [0.3, 0.4) is 0 Å². The number of nitrogens with zero attached hydrogens (tertiary/aromatic N) is 8. The van der Waals surface area contributed by atoms with Gasteiger partial charge < -0.3 is 54.2 Å². The smallest absolute Gasteiger partial charge is 0.326 e. The molecule has 27 nitrogen and oxygen atoms in total. The Bertz CT molecular complexity index is 2870. The number of fused-ring (bicyclic) bond motifs is 1. The van der Waals surface area contributed by atoms with Crippen molar-refractivity contribution < 1.29 is 43.5 Å². The third kappa shape index (κ3) is 13.8. The second-order valence-corrected chi connectivity index (χ2v) is 16.9. The summed E-state index contributed by atoms with van der Waals surface area (Å²) in [5, 5.41) is 40.1. The van der Waals surface area contributed by atoms with Gasteiger partial charge in [-0.1, -0.05) is 20.3 Å². The van der Waals surface area contributed by atoms with Crippen molar-refractivity contribution in [3.63, 3.8) is 0 Å². The number of aliphatic carboxylic acids is 1. The Kier molecular flexibility index (Phi) is 17.3. The molecule has 0 aliphatic carbocycles. The predicted octanol–water partition coefficient (Wildman–Crippen LogP) is 0.421. The van der Waals surface area contributed by atoms with Crippen LogP contribution in [0.4, 0.5) is 28.8 Å². The van der Waals surface area contributed by atoms with Crippen LogP contribution < -0.4 is 49.1 Å². The number of nitrogens with one attached hydrogen (secondary N) is 7. The molecule has 1 aliphatic heterocycles. The molecule has 27 heteroatoms. The predicted molar refractivity (Wildman–Crippen MR) is 260 cm³/mol. The van der Waals surface area contributed by atoms with Crippen molar-refractivity contribution in [2.75, 3.05) is 40.9 Å². The van der Waals surface area contributed by atoms with Crippen LogP contribution in [0.15, 0.2) is 54.7 Å². The lowest BCUT2D eigenvalue weighted by atomic mass is 10.0. The summed E-state index contributed by atoms with van der Waals surface area (Å²) in [6.07, 6.45) is 5.67. The number of amides is 7. The first-order chi connectivity index (χ1) is 34.4. The molecule has 4 heterocycles. The number of carbonyl (C=O) groups is 8. The average Bonchev–Trinajstić information content (AvgIpc) is 4.00. The molecule has 72 heavy (non-hydrogen) atoms. The van der Waals surface area contributed by atoms with Gasteiger partial charge in [-0.15, -0.1) is 10.2 Å². The van der Waals surface area contributed by atoms with E-state index in [9.17, 15) is 43.5 Å². The van der Waals surface area contributed by atoms with Gasteiger partial charge in [0, 0.05) is 48.5 Å². The fraction of sp³-hybridized carbons (Fsp3) is 0.356. The van der Waals surface area contributed by atoms with E-state index in [2.05, 4.69) is 72.5 Å². The summed E-state index contributed by atoms with van der Waals surface area (Å²) in [4.78, 5) is 119. The third-order valence-electron chi connectivity index (χ3n) is 11.2. The first-order valence-electron chi connectivity index (χ1n) is 22.7. The molecular formula is C45H54N18O9. The second kappa shape index (κ2) is 23.9. The molecule has 0 spiro atoms. The molecular weight excluding hydrogens is 937 g/mol.